The third kappa shape index (κ3) is 3.88. The first kappa shape index (κ1) is 17.6. The zero-order valence-corrected chi connectivity index (χ0v) is 14.6. The molecule has 1 atom stereocenters. The minimum absolute atomic E-state index is 0.163. The molecule has 0 unspecified atom stereocenters. The highest BCUT2D eigenvalue weighted by Gasteiger charge is 2.18. The summed E-state index contributed by atoms with van der Waals surface area (Å²) in [5.41, 5.74) is 2.74. The lowest BCUT2D eigenvalue weighted by atomic mass is 9.95. The van der Waals surface area contributed by atoms with Crippen molar-refractivity contribution in [2.24, 2.45) is 0 Å². The number of halogens is 1. The lowest BCUT2D eigenvalue weighted by Crippen LogP contribution is -2.20. The van der Waals surface area contributed by atoms with Gasteiger partial charge in [-0.25, -0.2) is 19.2 Å². The number of aromatic nitrogens is 3. The number of aryl methyl sites for hydroxylation is 1. The molecule has 2 aromatic heterocycles. The minimum Gasteiger partial charge on any atom is -0.348 e. The topological polar surface area (TPSA) is 82.7 Å². The zero-order chi connectivity index (χ0) is 18.5. The van der Waals surface area contributed by atoms with Gasteiger partial charge in [0.1, 0.15) is 11.6 Å². The van der Waals surface area contributed by atoms with E-state index in [-0.39, 0.29) is 11.7 Å². The van der Waals surface area contributed by atoms with Gasteiger partial charge in [0.05, 0.1) is 12.0 Å². The van der Waals surface area contributed by atoms with E-state index in [0.29, 0.717) is 17.1 Å². The number of H-pyrrole nitrogens is 1. The molecule has 26 heavy (non-hydrogen) atoms. The average molecular weight is 353 g/mol. The second-order valence-corrected chi connectivity index (χ2v) is 5.87. The first-order valence-electron chi connectivity index (χ1n) is 8.39. The van der Waals surface area contributed by atoms with E-state index in [1.165, 1.54) is 6.07 Å². The van der Waals surface area contributed by atoms with Gasteiger partial charge < -0.3 is 10.3 Å². The molecule has 0 aliphatic rings. The fourth-order valence-corrected chi connectivity index (χ4v) is 2.82. The second-order valence-electron chi connectivity index (χ2n) is 5.87. The molecule has 0 saturated heterocycles. The van der Waals surface area contributed by atoms with Crippen molar-refractivity contribution < 1.29 is 9.18 Å². The second kappa shape index (κ2) is 7.77. The van der Waals surface area contributed by atoms with E-state index in [4.69, 9.17) is 0 Å². The summed E-state index contributed by atoms with van der Waals surface area (Å²) in [4.78, 5) is 23.3. The Morgan fingerprint density at radius 2 is 2.08 bits per heavy atom. The Morgan fingerprint density at radius 1 is 1.23 bits per heavy atom. The van der Waals surface area contributed by atoms with Crippen LogP contribution in [0, 0.1) is 5.82 Å². The van der Waals surface area contributed by atoms with Crippen molar-refractivity contribution in [3.05, 3.63) is 71.7 Å². The highest BCUT2D eigenvalue weighted by molar-refractivity contribution is 5.99. The Labute approximate surface area is 150 Å². The van der Waals surface area contributed by atoms with Crippen molar-refractivity contribution in [1.29, 1.82) is 0 Å². The first-order valence-corrected chi connectivity index (χ1v) is 8.39. The van der Waals surface area contributed by atoms with E-state index in [0.717, 1.165) is 17.8 Å². The van der Waals surface area contributed by atoms with Gasteiger partial charge in [0.2, 0.25) is 0 Å². The number of rotatable bonds is 5. The molecule has 0 saturated carbocycles. The van der Waals surface area contributed by atoms with Crippen LogP contribution >= 0.6 is 0 Å². The molecule has 3 N–H and O–H groups in total. The molecule has 6 nitrogen and oxygen atoms in total. The summed E-state index contributed by atoms with van der Waals surface area (Å²) in [6.45, 7) is 3.93. The Hall–Kier alpha value is -3.22. The van der Waals surface area contributed by atoms with Crippen LogP contribution in [0.5, 0.6) is 0 Å². The van der Waals surface area contributed by atoms with E-state index in [9.17, 15) is 9.18 Å². The molecule has 0 fully saturated rings. The van der Waals surface area contributed by atoms with E-state index < -0.39 is 6.03 Å². The maximum atomic E-state index is 14.6. The van der Waals surface area contributed by atoms with Crippen LogP contribution in [-0.4, -0.2) is 21.0 Å². The van der Waals surface area contributed by atoms with Gasteiger partial charge in [0.15, 0.2) is 0 Å². The zero-order valence-electron chi connectivity index (χ0n) is 14.6. The normalized spacial score (nSPS) is 11.8. The maximum Gasteiger partial charge on any atom is 0.324 e. The van der Waals surface area contributed by atoms with Crippen LogP contribution in [0.15, 0.2) is 48.9 Å². The SMILES string of the molecule is CCc1nc[nH]c1[C@H](C)c1ccc(NC(=O)Nc2ccccn2)cc1F. The number of aromatic amines is 1. The van der Waals surface area contributed by atoms with E-state index in [1.54, 1.807) is 42.9 Å². The molecule has 0 spiro atoms. The maximum absolute atomic E-state index is 14.6. The Morgan fingerprint density at radius 3 is 2.77 bits per heavy atom. The van der Waals surface area contributed by atoms with E-state index in [2.05, 4.69) is 25.6 Å². The highest BCUT2D eigenvalue weighted by atomic mass is 19.1. The molecule has 7 heteroatoms. The number of pyridine rings is 1. The van der Waals surface area contributed by atoms with Gasteiger partial charge in [-0.1, -0.05) is 26.0 Å². The van der Waals surface area contributed by atoms with Gasteiger partial charge in [0, 0.05) is 23.5 Å². The highest BCUT2D eigenvalue weighted by Crippen LogP contribution is 2.28. The number of urea groups is 1. The molecule has 0 aliphatic heterocycles. The number of benzene rings is 1. The average Bonchev–Trinajstić information content (AvgIpc) is 3.11. The number of anilines is 2. The smallest absolute Gasteiger partial charge is 0.324 e. The Bertz CT molecular complexity index is 894. The van der Waals surface area contributed by atoms with Crippen molar-refractivity contribution in [3.63, 3.8) is 0 Å². The van der Waals surface area contributed by atoms with Crippen LogP contribution < -0.4 is 10.6 Å². The summed E-state index contributed by atoms with van der Waals surface area (Å²) in [6, 6.07) is 9.36. The molecule has 134 valence electrons. The van der Waals surface area contributed by atoms with Crippen LogP contribution in [0.2, 0.25) is 0 Å². The lowest BCUT2D eigenvalue weighted by molar-refractivity contribution is 0.262. The molecule has 0 bridgehead atoms. The number of imidazole rings is 1. The van der Waals surface area contributed by atoms with Gasteiger partial charge in [-0.05, 0) is 36.2 Å². The van der Waals surface area contributed by atoms with Crippen molar-refractivity contribution in [2.75, 3.05) is 10.6 Å². The summed E-state index contributed by atoms with van der Waals surface area (Å²) in [5, 5.41) is 5.19. The van der Waals surface area contributed by atoms with Crippen molar-refractivity contribution in [3.8, 4) is 0 Å². The molecular weight excluding hydrogens is 333 g/mol. The van der Waals surface area contributed by atoms with Crippen LogP contribution in [-0.2, 0) is 6.42 Å². The summed E-state index contributed by atoms with van der Waals surface area (Å²) in [7, 11) is 0. The van der Waals surface area contributed by atoms with Gasteiger partial charge in [-0.3, -0.25) is 5.32 Å². The first-order chi connectivity index (χ1) is 12.6. The molecule has 2 heterocycles. The molecular formula is C19H20FN5O. The fourth-order valence-electron chi connectivity index (χ4n) is 2.82. The number of nitrogens with one attached hydrogen (secondary N) is 3. The largest absolute Gasteiger partial charge is 0.348 e. The summed E-state index contributed by atoms with van der Waals surface area (Å²) >= 11 is 0. The fraction of sp³-hybridized carbons (Fsp3) is 0.211. The number of amides is 2. The van der Waals surface area contributed by atoms with Crippen LogP contribution in [0.4, 0.5) is 20.7 Å². The van der Waals surface area contributed by atoms with Crippen LogP contribution in [0.3, 0.4) is 0 Å². The monoisotopic (exact) mass is 353 g/mol. The van der Waals surface area contributed by atoms with E-state index >= 15 is 0 Å². The van der Waals surface area contributed by atoms with Gasteiger partial charge in [-0.2, -0.15) is 0 Å². The molecule has 0 radical (unpaired) electrons. The van der Waals surface area contributed by atoms with Crippen molar-refractivity contribution >= 4 is 17.5 Å². The Kier molecular flexibility index (Phi) is 5.26. The predicted octanol–water partition coefficient (Wildman–Crippen LogP) is 4.30. The van der Waals surface area contributed by atoms with Gasteiger partial charge in [-0.15, -0.1) is 0 Å². The molecule has 1 aromatic carbocycles. The van der Waals surface area contributed by atoms with Crippen molar-refractivity contribution in [1.82, 2.24) is 15.0 Å². The number of carbonyl (C=O) groups excluding carboxylic acids is 1. The third-order valence-electron chi connectivity index (χ3n) is 4.15. The van der Waals surface area contributed by atoms with Gasteiger partial charge in [0.25, 0.3) is 0 Å². The summed E-state index contributed by atoms with van der Waals surface area (Å²) in [5.74, 6) is -0.129. The molecule has 3 aromatic rings. The van der Waals surface area contributed by atoms with Crippen LogP contribution in [0.25, 0.3) is 0 Å². The number of hydrogen-bond acceptors (Lipinski definition) is 3. The number of hydrogen-bond donors (Lipinski definition) is 3. The molecule has 0 aliphatic carbocycles. The minimum atomic E-state index is -0.481. The number of nitrogens with zero attached hydrogens (tertiary/aromatic N) is 2. The summed E-state index contributed by atoms with van der Waals surface area (Å²) in [6.07, 6.45) is 3.98. The molecule has 3 rings (SSSR count). The number of carbonyl (C=O) groups is 1. The van der Waals surface area contributed by atoms with E-state index in [1.807, 2.05) is 13.8 Å². The quantitative estimate of drug-likeness (QED) is 0.639. The Balaban J connectivity index is 1.72. The van der Waals surface area contributed by atoms with Crippen molar-refractivity contribution in [2.45, 2.75) is 26.2 Å². The van der Waals surface area contributed by atoms with Gasteiger partial charge >= 0.3 is 6.03 Å². The van der Waals surface area contributed by atoms with Crippen LogP contribution in [0.1, 0.15) is 36.7 Å². The third-order valence-corrected chi connectivity index (χ3v) is 4.15. The predicted molar refractivity (Wildman–Crippen MR) is 98.8 cm³/mol. The molecule has 2 amide bonds. The lowest BCUT2D eigenvalue weighted by Gasteiger charge is -2.14. The summed E-state index contributed by atoms with van der Waals surface area (Å²) < 4.78 is 14.6. The standard InChI is InChI=1S/C19H20FN5O/c1-3-16-18(23-11-22-16)12(2)14-8-7-13(10-15(14)20)24-19(26)25-17-6-4-5-9-21-17/h4-12H,3H2,1-2H3,(H,22,23)(H2,21,24,25,26)/t12-/m1/s1.